The molecule has 6 heteroatoms. The van der Waals surface area contributed by atoms with Crippen LogP contribution in [0.1, 0.15) is 25.6 Å². The second kappa shape index (κ2) is 7.49. The van der Waals surface area contributed by atoms with Gasteiger partial charge in [0.05, 0.1) is 11.7 Å². The monoisotopic (exact) mass is 315 g/mol. The molecule has 2 rings (SSSR count). The zero-order valence-electron chi connectivity index (χ0n) is 12.9. The molecule has 23 heavy (non-hydrogen) atoms. The summed E-state index contributed by atoms with van der Waals surface area (Å²) in [5, 5.41) is 5.03. The highest BCUT2D eigenvalue weighted by Crippen LogP contribution is 2.19. The molecule has 1 heterocycles. The van der Waals surface area contributed by atoms with Gasteiger partial charge in [0.2, 0.25) is 0 Å². The second-order valence-electron chi connectivity index (χ2n) is 5.41. The molecule has 0 aliphatic carbocycles. The highest BCUT2D eigenvalue weighted by Gasteiger charge is 2.23. The van der Waals surface area contributed by atoms with E-state index in [0.29, 0.717) is 5.69 Å². The van der Waals surface area contributed by atoms with Crippen molar-refractivity contribution in [3.63, 3.8) is 0 Å². The van der Waals surface area contributed by atoms with Crippen LogP contribution in [0.25, 0.3) is 0 Å². The average Bonchev–Trinajstić information content (AvgIpc) is 2.52. The fraction of sp³-hybridized carbons (Fsp3) is 0.235. The summed E-state index contributed by atoms with van der Waals surface area (Å²) in [5.41, 5.74) is 0.901. The third-order valence-electron chi connectivity index (χ3n) is 3.25. The van der Waals surface area contributed by atoms with Crippen molar-refractivity contribution in [3.05, 3.63) is 60.2 Å². The predicted octanol–water partition coefficient (Wildman–Crippen LogP) is 2.67. The minimum atomic E-state index is -0.850. The molecule has 1 aromatic heterocycles. The van der Waals surface area contributed by atoms with E-state index in [1.807, 2.05) is 19.9 Å². The Hall–Kier alpha value is -2.76. The molecule has 1 atom stereocenters. The van der Waals surface area contributed by atoms with Gasteiger partial charge in [-0.05, 0) is 36.2 Å². The number of nitrogens with zero attached hydrogens (tertiary/aromatic N) is 1. The quantitative estimate of drug-likeness (QED) is 0.852. The third-order valence-corrected chi connectivity index (χ3v) is 3.25. The fourth-order valence-corrected chi connectivity index (χ4v) is 2.10. The smallest absolute Gasteiger partial charge is 0.313 e. The largest absolute Gasteiger partial charge is 0.339 e. The molecular formula is C17H18FN3O2. The van der Waals surface area contributed by atoms with E-state index in [-0.39, 0.29) is 17.6 Å². The molecule has 2 aromatic rings. The number of hydrogen-bond donors (Lipinski definition) is 2. The lowest BCUT2D eigenvalue weighted by Crippen LogP contribution is -2.39. The van der Waals surface area contributed by atoms with Gasteiger partial charge in [0.1, 0.15) is 5.82 Å². The van der Waals surface area contributed by atoms with E-state index in [1.54, 1.807) is 18.3 Å². The van der Waals surface area contributed by atoms with Crippen LogP contribution in [0, 0.1) is 11.7 Å². The van der Waals surface area contributed by atoms with Gasteiger partial charge in [-0.15, -0.1) is 0 Å². The number of nitrogens with one attached hydrogen (secondary N) is 2. The molecule has 120 valence electrons. The van der Waals surface area contributed by atoms with Crippen molar-refractivity contribution in [2.45, 2.75) is 19.9 Å². The lowest BCUT2D eigenvalue weighted by atomic mass is 10.0. The molecule has 0 aliphatic rings. The first kappa shape index (κ1) is 16.6. The molecule has 2 N–H and O–H groups in total. The highest BCUT2D eigenvalue weighted by atomic mass is 19.1. The maximum atomic E-state index is 13.1. The fourth-order valence-electron chi connectivity index (χ4n) is 2.10. The van der Waals surface area contributed by atoms with Crippen LogP contribution in [0.2, 0.25) is 0 Å². The topological polar surface area (TPSA) is 71.1 Å². The first-order valence-electron chi connectivity index (χ1n) is 7.25. The lowest BCUT2D eigenvalue weighted by molar-refractivity contribution is -0.136. The number of carbonyl (C=O) groups excluding carboxylic acids is 2. The molecule has 5 nitrogen and oxygen atoms in total. The molecule has 2 amide bonds. The molecule has 0 unspecified atom stereocenters. The van der Waals surface area contributed by atoms with Crippen molar-refractivity contribution in [2.24, 2.45) is 5.92 Å². The van der Waals surface area contributed by atoms with Gasteiger partial charge in [-0.2, -0.15) is 0 Å². The second-order valence-corrected chi connectivity index (χ2v) is 5.41. The van der Waals surface area contributed by atoms with Gasteiger partial charge in [-0.3, -0.25) is 14.6 Å². The molecular weight excluding hydrogens is 297 g/mol. The van der Waals surface area contributed by atoms with Crippen LogP contribution in [-0.4, -0.2) is 16.8 Å². The van der Waals surface area contributed by atoms with Crippen molar-refractivity contribution in [3.8, 4) is 0 Å². The minimum Gasteiger partial charge on any atom is -0.339 e. The number of anilines is 1. The summed E-state index contributed by atoms with van der Waals surface area (Å²) < 4.78 is 13.1. The standard InChI is InChI=1S/C17H18FN3O2/c1-11(2)15(14-8-3-4-9-19-14)21-17(23)16(22)20-13-7-5-6-12(18)10-13/h3-11,15H,1-2H3,(H,20,22)(H,21,23)/t15-/m0/s1. The summed E-state index contributed by atoms with van der Waals surface area (Å²) in [6.45, 7) is 3.84. The molecule has 0 aliphatic heterocycles. The molecule has 0 bridgehead atoms. The molecule has 0 radical (unpaired) electrons. The van der Waals surface area contributed by atoms with E-state index in [9.17, 15) is 14.0 Å². The third kappa shape index (κ3) is 4.60. The van der Waals surface area contributed by atoms with E-state index in [2.05, 4.69) is 15.6 Å². The number of benzene rings is 1. The number of hydrogen-bond acceptors (Lipinski definition) is 3. The van der Waals surface area contributed by atoms with Crippen LogP contribution < -0.4 is 10.6 Å². The number of amides is 2. The molecule has 0 fully saturated rings. The van der Waals surface area contributed by atoms with Crippen LogP contribution in [-0.2, 0) is 9.59 Å². The van der Waals surface area contributed by atoms with E-state index in [4.69, 9.17) is 0 Å². The Kier molecular flexibility index (Phi) is 5.41. The van der Waals surface area contributed by atoms with Crippen molar-refractivity contribution in [1.29, 1.82) is 0 Å². The van der Waals surface area contributed by atoms with Crippen LogP contribution in [0.3, 0.4) is 0 Å². The SMILES string of the molecule is CC(C)[C@H](NC(=O)C(=O)Nc1cccc(F)c1)c1ccccn1. The minimum absolute atomic E-state index is 0.0517. The van der Waals surface area contributed by atoms with Crippen LogP contribution in [0.4, 0.5) is 10.1 Å². The van der Waals surface area contributed by atoms with E-state index >= 15 is 0 Å². The van der Waals surface area contributed by atoms with Gasteiger partial charge in [-0.1, -0.05) is 26.0 Å². The van der Waals surface area contributed by atoms with E-state index in [0.717, 1.165) is 6.07 Å². The number of rotatable bonds is 4. The Labute approximate surface area is 133 Å². The van der Waals surface area contributed by atoms with Gasteiger partial charge in [-0.25, -0.2) is 4.39 Å². The van der Waals surface area contributed by atoms with Gasteiger partial charge < -0.3 is 10.6 Å². The number of carbonyl (C=O) groups is 2. The van der Waals surface area contributed by atoms with Crippen LogP contribution >= 0.6 is 0 Å². The Morgan fingerprint density at radius 3 is 2.48 bits per heavy atom. The van der Waals surface area contributed by atoms with E-state index in [1.165, 1.54) is 18.2 Å². The van der Waals surface area contributed by atoms with Gasteiger partial charge in [0, 0.05) is 11.9 Å². The van der Waals surface area contributed by atoms with Crippen molar-refractivity contribution in [1.82, 2.24) is 10.3 Å². The maximum absolute atomic E-state index is 13.1. The van der Waals surface area contributed by atoms with Crippen molar-refractivity contribution in [2.75, 3.05) is 5.32 Å². The number of aromatic nitrogens is 1. The molecule has 0 saturated heterocycles. The van der Waals surface area contributed by atoms with Crippen molar-refractivity contribution >= 4 is 17.5 Å². The molecule has 0 spiro atoms. The highest BCUT2D eigenvalue weighted by molar-refractivity contribution is 6.39. The zero-order valence-corrected chi connectivity index (χ0v) is 12.9. The summed E-state index contributed by atoms with van der Waals surface area (Å²) in [6.07, 6.45) is 1.63. The maximum Gasteiger partial charge on any atom is 0.313 e. The van der Waals surface area contributed by atoms with Gasteiger partial charge in [0.25, 0.3) is 0 Å². The summed E-state index contributed by atoms with van der Waals surface area (Å²) in [4.78, 5) is 28.2. The first-order chi connectivity index (χ1) is 11.0. The Morgan fingerprint density at radius 2 is 1.87 bits per heavy atom. The number of halogens is 1. The Bertz CT molecular complexity index is 689. The summed E-state index contributed by atoms with van der Waals surface area (Å²) in [6, 6.07) is 10.4. The van der Waals surface area contributed by atoms with Gasteiger partial charge in [0.15, 0.2) is 0 Å². The van der Waals surface area contributed by atoms with Crippen LogP contribution in [0.5, 0.6) is 0 Å². The summed E-state index contributed by atoms with van der Waals surface area (Å²) >= 11 is 0. The predicted molar refractivity (Wildman–Crippen MR) is 85.0 cm³/mol. The Morgan fingerprint density at radius 1 is 1.09 bits per heavy atom. The first-order valence-corrected chi connectivity index (χ1v) is 7.25. The Balaban J connectivity index is 2.05. The van der Waals surface area contributed by atoms with Crippen LogP contribution in [0.15, 0.2) is 48.7 Å². The average molecular weight is 315 g/mol. The van der Waals surface area contributed by atoms with E-state index < -0.39 is 17.6 Å². The van der Waals surface area contributed by atoms with Gasteiger partial charge >= 0.3 is 11.8 Å². The molecule has 0 saturated carbocycles. The normalized spacial score (nSPS) is 11.8. The summed E-state index contributed by atoms with van der Waals surface area (Å²) in [5.74, 6) is -2.08. The van der Waals surface area contributed by atoms with Crippen molar-refractivity contribution < 1.29 is 14.0 Å². The molecule has 1 aromatic carbocycles. The number of pyridine rings is 1. The lowest BCUT2D eigenvalue weighted by Gasteiger charge is -2.21. The summed E-state index contributed by atoms with van der Waals surface area (Å²) in [7, 11) is 0. The zero-order chi connectivity index (χ0) is 16.8.